The number of aliphatic hydroxyl groups is 1. The molecule has 0 amide bonds. The highest BCUT2D eigenvalue weighted by Crippen LogP contribution is 2.09. The summed E-state index contributed by atoms with van der Waals surface area (Å²) in [6.07, 6.45) is 7.07. The minimum Gasteiger partial charge on any atom is -0.463 e. The molecule has 3 heteroatoms. The van der Waals surface area contributed by atoms with E-state index in [0.29, 0.717) is 13.0 Å². The lowest BCUT2D eigenvalue weighted by Gasteiger charge is -2.07. The van der Waals surface area contributed by atoms with Crippen molar-refractivity contribution in [3.8, 4) is 0 Å². The molecule has 1 N–H and O–H groups in total. The SMILES string of the molecule is CCOC(=O)/C=C/C[C@H](O)CCCCc1ccccc1. The van der Waals surface area contributed by atoms with E-state index in [4.69, 9.17) is 4.74 Å². The monoisotopic (exact) mass is 276 g/mol. The first kappa shape index (κ1) is 16.4. The number of aryl methyl sites for hydroxylation is 1. The lowest BCUT2D eigenvalue weighted by molar-refractivity contribution is -0.137. The number of hydrogen-bond donors (Lipinski definition) is 1. The lowest BCUT2D eigenvalue weighted by Crippen LogP contribution is -2.05. The average Bonchev–Trinajstić information content (AvgIpc) is 2.45. The molecule has 0 unspecified atom stereocenters. The van der Waals surface area contributed by atoms with E-state index < -0.39 is 0 Å². The number of aliphatic hydroxyl groups excluding tert-OH is 1. The predicted octanol–water partition coefficient (Wildman–Crippen LogP) is 3.27. The maximum Gasteiger partial charge on any atom is 0.330 e. The van der Waals surface area contributed by atoms with Crippen molar-refractivity contribution in [1.82, 2.24) is 0 Å². The normalized spacial score (nSPS) is 12.5. The zero-order valence-electron chi connectivity index (χ0n) is 12.1. The number of hydrogen-bond acceptors (Lipinski definition) is 3. The summed E-state index contributed by atoms with van der Waals surface area (Å²) in [5.41, 5.74) is 1.34. The molecular weight excluding hydrogens is 252 g/mol. The van der Waals surface area contributed by atoms with Crippen LogP contribution in [-0.2, 0) is 16.0 Å². The molecule has 0 aliphatic heterocycles. The van der Waals surface area contributed by atoms with Crippen LogP contribution in [0.1, 0.15) is 38.2 Å². The van der Waals surface area contributed by atoms with Crippen LogP contribution in [0.4, 0.5) is 0 Å². The van der Waals surface area contributed by atoms with Crippen molar-refractivity contribution in [3.63, 3.8) is 0 Å². The second-order valence-electron chi connectivity index (χ2n) is 4.78. The van der Waals surface area contributed by atoms with Crippen LogP contribution in [0.2, 0.25) is 0 Å². The van der Waals surface area contributed by atoms with Gasteiger partial charge >= 0.3 is 5.97 Å². The van der Waals surface area contributed by atoms with Gasteiger partial charge in [-0.05, 0) is 38.2 Å². The Morgan fingerprint density at radius 1 is 1.30 bits per heavy atom. The van der Waals surface area contributed by atoms with Crippen LogP contribution in [0.5, 0.6) is 0 Å². The summed E-state index contributed by atoms with van der Waals surface area (Å²) in [6.45, 7) is 2.15. The number of carbonyl (C=O) groups excluding carboxylic acids is 1. The van der Waals surface area contributed by atoms with Gasteiger partial charge < -0.3 is 9.84 Å². The van der Waals surface area contributed by atoms with Gasteiger partial charge in [0.15, 0.2) is 0 Å². The fraction of sp³-hybridized carbons (Fsp3) is 0.471. The van der Waals surface area contributed by atoms with Gasteiger partial charge in [-0.2, -0.15) is 0 Å². The van der Waals surface area contributed by atoms with Gasteiger partial charge in [0.25, 0.3) is 0 Å². The minimum absolute atomic E-state index is 0.344. The highest BCUT2D eigenvalue weighted by atomic mass is 16.5. The number of esters is 1. The van der Waals surface area contributed by atoms with Crippen LogP contribution in [0.15, 0.2) is 42.5 Å². The van der Waals surface area contributed by atoms with Crippen LogP contribution in [0.3, 0.4) is 0 Å². The Morgan fingerprint density at radius 2 is 2.05 bits per heavy atom. The second kappa shape index (κ2) is 10.2. The molecular formula is C17H24O3. The smallest absolute Gasteiger partial charge is 0.330 e. The molecule has 0 saturated heterocycles. The van der Waals surface area contributed by atoms with Gasteiger partial charge in [-0.15, -0.1) is 0 Å². The minimum atomic E-state index is -0.378. The average molecular weight is 276 g/mol. The summed E-state index contributed by atoms with van der Waals surface area (Å²) >= 11 is 0. The Bertz CT molecular complexity index is 398. The summed E-state index contributed by atoms with van der Waals surface area (Å²) < 4.78 is 4.76. The largest absolute Gasteiger partial charge is 0.463 e. The van der Waals surface area contributed by atoms with Crippen LogP contribution in [0, 0.1) is 0 Å². The molecule has 20 heavy (non-hydrogen) atoms. The van der Waals surface area contributed by atoms with Gasteiger partial charge in [0.05, 0.1) is 12.7 Å². The van der Waals surface area contributed by atoms with E-state index in [1.54, 1.807) is 13.0 Å². The molecule has 0 bridgehead atoms. The van der Waals surface area contributed by atoms with Gasteiger partial charge in [0, 0.05) is 6.08 Å². The first-order valence-electron chi connectivity index (χ1n) is 7.27. The zero-order chi connectivity index (χ0) is 14.6. The number of rotatable bonds is 9. The van der Waals surface area contributed by atoms with Crippen molar-refractivity contribution < 1.29 is 14.6 Å². The molecule has 3 nitrogen and oxygen atoms in total. The quantitative estimate of drug-likeness (QED) is 0.428. The molecule has 0 heterocycles. The molecule has 1 atom stereocenters. The van der Waals surface area contributed by atoms with Crippen molar-refractivity contribution in [2.75, 3.05) is 6.61 Å². The van der Waals surface area contributed by atoms with Crippen LogP contribution in [0.25, 0.3) is 0 Å². The standard InChI is InChI=1S/C17H24O3/c1-2-20-17(19)14-8-13-16(18)12-7-6-11-15-9-4-3-5-10-15/h3-5,8-10,14,16,18H,2,6-7,11-13H2,1H3/b14-8+/t16-/m1/s1. The van der Waals surface area contributed by atoms with E-state index in [0.717, 1.165) is 25.7 Å². The molecule has 0 spiro atoms. The van der Waals surface area contributed by atoms with Gasteiger partial charge in [-0.3, -0.25) is 0 Å². The van der Waals surface area contributed by atoms with Crippen LogP contribution >= 0.6 is 0 Å². The van der Waals surface area contributed by atoms with E-state index in [9.17, 15) is 9.90 Å². The molecule has 0 aromatic heterocycles. The molecule has 0 radical (unpaired) electrons. The summed E-state index contributed by atoms with van der Waals surface area (Å²) in [6, 6.07) is 10.4. The Labute approximate surface area is 121 Å². The molecule has 0 fully saturated rings. The fourth-order valence-corrected chi connectivity index (χ4v) is 1.98. The highest BCUT2D eigenvalue weighted by molar-refractivity contribution is 5.81. The molecule has 0 aliphatic rings. The molecule has 0 saturated carbocycles. The number of unbranched alkanes of at least 4 members (excludes halogenated alkanes) is 1. The summed E-state index contributed by atoms with van der Waals surface area (Å²) in [5.74, 6) is -0.344. The highest BCUT2D eigenvalue weighted by Gasteiger charge is 2.02. The summed E-state index contributed by atoms with van der Waals surface area (Å²) in [4.78, 5) is 11.1. The number of benzene rings is 1. The predicted molar refractivity (Wildman–Crippen MR) is 80.4 cm³/mol. The van der Waals surface area contributed by atoms with Crippen molar-refractivity contribution in [2.45, 2.75) is 45.1 Å². The van der Waals surface area contributed by atoms with Gasteiger partial charge in [0.1, 0.15) is 0 Å². The molecule has 1 rings (SSSR count). The Hall–Kier alpha value is -1.61. The maximum atomic E-state index is 11.1. The lowest BCUT2D eigenvalue weighted by atomic mass is 10.0. The van der Waals surface area contributed by atoms with E-state index >= 15 is 0 Å². The molecule has 1 aromatic carbocycles. The Morgan fingerprint density at radius 3 is 2.75 bits per heavy atom. The van der Waals surface area contributed by atoms with Crippen LogP contribution in [-0.4, -0.2) is 23.8 Å². The third-order valence-corrected chi connectivity index (χ3v) is 3.04. The fourth-order valence-electron chi connectivity index (χ4n) is 1.98. The first-order valence-corrected chi connectivity index (χ1v) is 7.27. The van der Waals surface area contributed by atoms with Crippen LogP contribution < -0.4 is 0 Å². The summed E-state index contributed by atoms with van der Waals surface area (Å²) in [7, 11) is 0. The second-order valence-corrected chi connectivity index (χ2v) is 4.78. The number of carbonyl (C=O) groups is 1. The molecule has 1 aromatic rings. The maximum absolute atomic E-state index is 11.1. The van der Waals surface area contributed by atoms with E-state index in [2.05, 4.69) is 12.1 Å². The Balaban J connectivity index is 2.08. The first-order chi connectivity index (χ1) is 9.72. The van der Waals surface area contributed by atoms with Crippen molar-refractivity contribution >= 4 is 5.97 Å². The van der Waals surface area contributed by atoms with Gasteiger partial charge in [-0.25, -0.2) is 4.79 Å². The van der Waals surface area contributed by atoms with E-state index in [-0.39, 0.29) is 12.1 Å². The van der Waals surface area contributed by atoms with Crippen molar-refractivity contribution in [3.05, 3.63) is 48.0 Å². The number of ether oxygens (including phenoxy) is 1. The van der Waals surface area contributed by atoms with Crippen molar-refractivity contribution in [1.29, 1.82) is 0 Å². The molecule has 110 valence electrons. The molecule has 0 aliphatic carbocycles. The van der Waals surface area contributed by atoms with E-state index in [1.165, 1.54) is 11.6 Å². The zero-order valence-corrected chi connectivity index (χ0v) is 12.1. The van der Waals surface area contributed by atoms with E-state index in [1.807, 2.05) is 18.2 Å². The third kappa shape index (κ3) is 7.74. The third-order valence-electron chi connectivity index (χ3n) is 3.04. The Kier molecular flexibility index (Phi) is 8.40. The summed E-state index contributed by atoms with van der Waals surface area (Å²) in [5, 5.41) is 9.79. The van der Waals surface area contributed by atoms with Gasteiger partial charge in [-0.1, -0.05) is 42.8 Å². The van der Waals surface area contributed by atoms with Gasteiger partial charge in [0.2, 0.25) is 0 Å². The topological polar surface area (TPSA) is 46.5 Å². The van der Waals surface area contributed by atoms with Crippen molar-refractivity contribution in [2.24, 2.45) is 0 Å².